The Hall–Kier alpha value is -1.12. The summed E-state index contributed by atoms with van der Waals surface area (Å²) in [6.45, 7) is 1.40. The number of amides is 1. The quantitative estimate of drug-likeness (QED) is 0.471. The Morgan fingerprint density at radius 1 is 1.78 bits per heavy atom. The molecular weight excluding hydrogens is 252 g/mol. The van der Waals surface area contributed by atoms with Gasteiger partial charge in [-0.1, -0.05) is 0 Å². The van der Waals surface area contributed by atoms with Gasteiger partial charge >= 0.3 is 0 Å². The Balaban J connectivity index is 1.66. The van der Waals surface area contributed by atoms with Crippen LogP contribution in [0.2, 0.25) is 0 Å². The van der Waals surface area contributed by atoms with E-state index in [0.29, 0.717) is 6.54 Å². The lowest BCUT2D eigenvalue weighted by Gasteiger charge is -2.18. The zero-order valence-corrected chi connectivity index (χ0v) is 11.1. The molecule has 0 aliphatic carbocycles. The molecule has 1 aliphatic heterocycles. The number of rotatable bonds is 5. The van der Waals surface area contributed by atoms with Gasteiger partial charge in [0.05, 0.1) is 12.2 Å². The number of aromatic nitrogens is 3. The number of nitrogens with one attached hydrogen (secondary N) is 2. The Morgan fingerprint density at radius 2 is 2.61 bits per heavy atom. The molecule has 1 aliphatic rings. The molecule has 0 unspecified atom stereocenters. The summed E-state index contributed by atoms with van der Waals surface area (Å²) in [6, 6.07) is 0.0207. The number of carbonyl (C=O) groups is 1. The average Bonchev–Trinajstić information content (AvgIpc) is 2.94. The number of carbonyl (C=O) groups excluding carboxylic acids is 1. The van der Waals surface area contributed by atoms with Gasteiger partial charge in [-0.05, 0) is 13.5 Å². The summed E-state index contributed by atoms with van der Waals surface area (Å²) in [4.78, 5) is 13.9. The number of aromatic amines is 1. The van der Waals surface area contributed by atoms with Crippen LogP contribution < -0.4 is 11.1 Å². The van der Waals surface area contributed by atoms with E-state index in [9.17, 15) is 4.79 Å². The van der Waals surface area contributed by atoms with Gasteiger partial charge in [0.2, 0.25) is 5.91 Å². The summed E-state index contributed by atoms with van der Waals surface area (Å²) < 4.78 is 0. The van der Waals surface area contributed by atoms with Gasteiger partial charge in [-0.3, -0.25) is 9.69 Å². The van der Waals surface area contributed by atoms with E-state index >= 15 is 0 Å². The molecule has 2 rings (SSSR count). The second-order valence-corrected chi connectivity index (χ2v) is 5.51. The maximum atomic E-state index is 11.9. The molecule has 2 atom stereocenters. The molecule has 8 heteroatoms. The van der Waals surface area contributed by atoms with Crippen molar-refractivity contribution in [3.05, 3.63) is 6.20 Å². The standard InChI is InChI=1S/C10H18N6OS/c1-16-6-7(11)4-8(16)10(17)12-2-3-18-9-5-13-15-14-9/h5,7-8H,2-4,6,11H2,1H3,(H,12,17)(H,13,14,15)/t7-,8-/m0/s1. The molecule has 0 saturated carbocycles. The molecule has 0 bridgehead atoms. The molecule has 0 spiro atoms. The molecule has 4 N–H and O–H groups in total. The van der Waals surface area contributed by atoms with Crippen LogP contribution in [0.15, 0.2) is 11.2 Å². The molecule has 100 valence electrons. The number of thioether (sulfide) groups is 1. The highest BCUT2D eigenvalue weighted by atomic mass is 32.2. The fourth-order valence-electron chi connectivity index (χ4n) is 2.05. The molecule has 1 fully saturated rings. The second kappa shape index (κ2) is 6.17. The summed E-state index contributed by atoms with van der Waals surface area (Å²) in [5.74, 6) is 0.840. The molecular formula is C10H18N6OS. The molecule has 7 nitrogen and oxygen atoms in total. The number of hydrogen-bond donors (Lipinski definition) is 3. The molecule has 0 aromatic carbocycles. The van der Waals surface area contributed by atoms with Crippen LogP contribution in [0.5, 0.6) is 0 Å². The summed E-state index contributed by atoms with van der Waals surface area (Å²) >= 11 is 1.56. The normalized spacial score (nSPS) is 24.3. The van der Waals surface area contributed by atoms with Gasteiger partial charge in [0.15, 0.2) is 0 Å². The van der Waals surface area contributed by atoms with Crippen molar-refractivity contribution in [1.82, 2.24) is 25.6 Å². The Kier molecular flexibility index (Phi) is 4.56. The van der Waals surface area contributed by atoms with Crippen LogP contribution in [-0.4, -0.2) is 64.2 Å². The first-order chi connectivity index (χ1) is 8.66. The minimum absolute atomic E-state index is 0.0613. The summed E-state index contributed by atoms with van der Waals surface area (Å²) in [5, 5.41) is 13.9. The van der Waals surface area contributed by atoms with Gasteiger partial charge in [0.1, 0.15) is 5.03 Å². The van der Waals surface area contributed by atoms with Crippen LogP contribution in [0.4, 0.5) is 0 Å². The predicted molar refractivity (Wildman–Crippen MR) is 69.1 cm³/mol. The van der Waals surface area contributed by atoms with Gasteiger partial charge in [0.25, 0.3) is 0 Å². The van der Waals surface area contributed by atoms with E-state index < -0.39 is 0 Å². The number of H-pyrrole nitrogens is 1. The fourth-order valence-corrected chi connectivity index (χ4v) is 2.70. The Labute approximate surface area is 110 Å². The second-order valence-electron chi connectivity index (χ2n) is 4.40. The Bertz CT molecular complexity index is 384. The number of likely N-dealkylation sites (N-methyl/N-ethyl adjacent to an activating group) is 1. The molecule has 1 aromatic rings. The SMILES string of the molecule is CN1C[C@@H](N)C[C@H]1C(=O)NCCSc1cn[nH]n1. The van der Waals surface area contributed by atoms with Gasteiger partial charge < -0.3 is 11.1 Å². The zero-order chi connectivity index (χ0) is 13.0. The van der Waals surface area contributed by atoms with Crippen molar-refractivity contribution in [2.24, 2.45) is 5.73 Å². The van der Waals surface area contributed by atoms with Crippen molar-refractivity contribution in [3.8, 4) is 0 Å². The van der Waals surface area contributed by atoms with Crippen molar-refractivity contribution >= 4 is 17.7 Å². The third-order valence-electron chi connectivity index (χ3n) is 2.93. The number of likely N-dealkylation sites (tertiary alicyclic amines) is 1. The monoisotopic (exact) mass is 270 g/mol. The lowest BCUT2D eigenvalue weighted by atomic mass is 10.1. The van der Waals surface area contributed by atoms with Gasteiger partial charge in [-0.15, -0.1) is 16.9 Å². The Morgan fingerprint density at radius 3 is 3.22 bits per heavy atom. The van der Waals surface area contributed by atoms with E-state index in [0.717, 1.165) is 23.7 Å². The van der Waals surface area contributed by atoms with E-state index in [1.54, 1.807) is 18.0 Å². The fraction of sp³-hybridized carbons (Fsp3) is 0.700. The third kappa shape index (κ3) is 3.44. The predicted octanol–water partition coefficient (Wildman–Crippen LogP) is -0.956. The van der Waals surface area contributed by atoms with Crippen molar-refractivity contribution < 1.29 is 4.79 Å². The molecule has 2 heterocycles. The first-order valence-corrected chi connectivity index (χ1v) is 6.87. The zero-order valence-electron chi connectivity index (χ0n) is 10.3. The van der Waals surface area contributed by atoms with E-state index in [1.165, 1.54) is 0 Å². The van der Waals surface area contributed by atoms with Crippen LogP contribution >= 0.6 is 11.8 Å². The van der Waals surface area contributed by atoms with Crippen LogP contribution in [-0.2, 0) is 4.79 Å². The van der Waals surface area contributed by atoms with E-state index in [-0.39, 0.29) is 18.0 Å². The largest absolute Gasteiger partial charge is 0.354 e. The van der Waals surface area contributed by atoms with Gasteiger partial charge in [-0.2, -0.15) is 10.3 Å². The summed E-state index contributed by atoms with van der Waals surface area (Å²) in [6.07, 6.45) is 2.40. The van der Waals surface area contributed by atoms with Crippen LogP contribution in [0.25, 0.3) is 0 Å². The molecule has 0 radical (unpaired) electrons. The van der Waals surface area contributed by atoms with Crippen molar-refractivity contribution in [2.45, 2.75) is 23.5 Å². The van der Waals surface area contributed by atoms with Crippen molar-refractivity contribution in [3.63, 3.8) is 0 Å². The molecule has 18 heavy (non-hydrogen) atoms. The van der Waals surface area contributed by atoms with Crippen molar-refractivity contribution in [2.75, 3.05) is 25.9 Å². The minimum atomic E-state index is -0.0861. The topological polar surface area (TPSA) is 99.9 Å². The molecule has 1 amide bonds. The summed E-state index contributed by atoms with van der Waals surface area (Å²) in [7, 11) is 1.93. The highest BCUT2D eigenvalue weighted by Gasteiger charge is 2.32. The smallest absolute Gasteiger partial charge is 0.237 e. The maximum absolute atomic E-state index is 11.9. The number of hydrogen-bond acceptors (Lipinski definition) is 6. The average molecular weight is 270 g/mol. The lowest BCUT2D eigenvalue weighted by molar-refractivity contribution is -0.124. The van der Waals surface area contributed by atoms with Gasteiger partial charge in [-0.25, -0.2) is 0 Å². The first-order valence-electron chi connectivity index (χ1n) is 5.89. The molecule has 1 saturated heterocycles. The third-order valence-corrected chi connectivity index (χ3v) is 3.83. The number of nitrogens with zero attached hydrogens (tertiary/aromatic N) is 3. The highest BCUT2D eigenvalue weighted by Crippen LogP contribution is 2.14. The number of nitrogens with two attached hydrogens (primary N) is 1. The first kappa shape index (κ1) is 13.3. The lowest BCUT2D eigenvalue weighted by Crippen LogP contribution is -2.42. The van der Waals surface area contributed by atoms with Crippen LogP contribution in [0, 0.1) is 0 Å². The van der Waals surface area contributed by atoms with Crippen LogP contribution in [0.3, 0.4) is 0 Å². The molecule has 1 aromatic heterocycles. The maximum Gasteiger partial charge on any atom is 0.237 e. The summed E-state index contributed by atoms with van der Waals surface area (Å²) in [5.41, 5.74) is 5.83. The van der Waals surface area contributed by atoms with E-state index in [4.69, 9.17) is 5.73 Å². The van der Waals surface area contributed by atoms with Crippen LogP contribution in [0.1, 0.15) is 6.42 Å². The van der Waals surface area contributed by atoms with E-state index in [2.05, 4.69) is 20.7 Å². The van der Waals surface area contributed by atoms with Crippen molar-refractivity contribution in [1.29, 1.82) is 0 Å². The van der Waals surface area contributed by atoms with Gasteiger partial charge in [0, 0.05) is 24.9 Å². The highest BCUT2D eigenvalue weighted by molar-refractivity contribution is 7.99. The van der Waals surface area contributed by atoms with E-state index in [1.807, 2.05) is 11.9 Å². The minimum Gasteiger partial charge on any atom is -0.354 e.